The van der Waals surface area contributed by atoms with Crippen LogP contribution in [0.15, 0.2) is 0 Å². The first kappa shape index (κ1) is 36.6. The van der Waals surface area contributed by atoms with Crippen molar-refractivity contribution < 1.29 is 24.8 Å². The van der Waals surface area contributed by atoms with Crippen LogP contribution >= 0.6 is 0 Å². The van der Waals surface area contributed by atoms with E-state index in [2.05, 4.69) is 0 Å². The monoisotopic (exact) mass is 138 g/mol. The van der Waals surface area contributed by atoms with Gasteiger partial charge in [0.05, 0.1) is 0 Å². The molecule has 0 heterocycles. The third kappa shape index (κ3) is 8.96. The van der Waals surface area contributed by atoms with Crippen LogP contribution in [0.25, 0.3) is 0 Å². The summed E-state index contributed by atoms with van der Waals surface area (Å²) in [6.45, 7) is 0. The molecule has 0 rings (SSSR count). The fourth-order valence-corrected chi connectivity index (χ4v) is 0. The first-order valence-electron chi connectivity index (χ1n) is 0. The van der Waals surface area contributed by atoms with E-state index in [-0.39, 0.29) is 73.5 Å². The minimum absolute atomic E-state index is 0. The maximum Gasteiger partial charge on any atom is 2.00 e. The Kier molecular flexibility index (Phi) is 180. The third-order valence-electron chi connectivity index (χ3n) is 0. The molecule has 0 unspecified atom stereocenters. The van der Waals surface area contributed by atoms with Crippen molar-refractivity contribution in [2.45, 2.75) is 0 Å². The van der Waals surface area contributed by atoms with Crippen molar-refractivity contribution in [3.63, 3.8) is 0 Å². The Balaban J connectivity index is 0. The number of hydrogen-bond acceptors (Lipinski definition) is 0. The van der Waals surface area contributed by atoms with E-state index in [1.54, 1.807) is 0 Å². The maximum absolute atomic E-state index is 0. The first-order chi connectivity index (χ1) is 0. The summed E-state index contributed by atoms with van der Waals surface area (Å²) < 4.78 is 0. The molecule has 4 radical (unpaired) electrons. The quantitative estimate of drug-likeness (QED) is 0.293. The van der Waals surface area contributed by atoms with Gasteiger partial charge in [-0.3, -0.25) is 0 Å². The summed E-state index contributed by atoms with van der Waals surface area (Å²) in [6, 6.07) is 0. The molecule has 0 fully saturated rings. The molecule has 0 atom stereocenters. The molecule has 0 aromatic carbocycles. The molecule has 0 aromatic rings. The van der Waals surface area contributed by atoms with Crippen LogP contribution < -0.4 is 24.8 Å². The minimum Gasteiger partial charge on any atom is -1.00 e. The van der Waals surface area contributed by atoms with Gasteiger partial charge in [-0.25, -0.2) is 0 Å². The fraction of sp³-hybridized carbons (Fsp3) is 0. The van der Waals surface area contributed by atoms with E-state index in [0.717, 1.165) is 0 Å². The van der Waals surface area contributed by atoms with Crippen LogP contribution in [0.1, 0.15) is 0 Å². The molecule has 4 heteroatoms. The Morgan fingerprint density at radius 2 is 0.750 bits per heavy atom. The predicted molar refractivity (Wildman–Crippen MR) is 11.5 cm³/mol. The molecule has 0 aromatic heterocycles. The van der Waals surface area contributed by atoms with Gasteiger partial charge in [-0.1, -0.05) is 0 Å². The number of hydrogen-bond donors (Lipinski definition) is 0. The molecule has 0 aliphatic rings. The summed E-state index contributed by atoms with van der Waals surface area (Å²) in [5.74, 6) is 0. The zero-order chi connectivity index (χ0) is 0. The molecule has 0 nitrogen and oxygen atoms in total. The zero-order valence-corrected chi connectivity index (χ0v) is 6.68. The first-order valence-corrected chi connectivity index (χ1v) is 0. The van der Waals surface area contributed by atoms with Crippen LogP contribution in [0, 0.1) is 0 Å². The molecule has 20 valence electrons. The van der Waals surface area contributed by atoms with Gasteiger partial charge in [0.15, 0.2) is 0 Å². The van der Waals surface area contributed by atoms with Crippen molar-refractivity contribution in [2.75, 3.05) is 0 Å². The predicted octanol–water partition coefficient (Wildman–Crippen LogP) is -6.75. The Morgan fingerprint density at radius 1 is 0.750 bits per heavy atom. The average molecular weight is 139 g/mol. The SMILES string of the molecule is [Ca+2].[Cl-].[Cl-].[Si]. The second kappa shape index (κ2) is 19.7. The van der Waals surface area contributed by atoms with Gasteiger partial charge in [-0.15, -0.1) is 0 Å². The molecule has 0 saturated carbocycles. The van der Waals surface area contributed by atoms with Crippen LogP contribution in [0.5, 0.6) is 0 Å². The average Bonchev–Trinajstić information content (AvgIpc) is 0. The smallest absolute Gasteiger partial charge is 1.00 e. The molecule has 0 saturated heterocycles. The van der Waals surface area contributed by atoms with Crippen molar-refractivity contribution in [1.29, 1.82) is 0 Å². The maximum atomic E-state index is 0. The number of halogens is 2. The summed E-state index contributed by atoms with van der Waals surface area (Å²) in [5, 5.41) is 0. The van der Waals surface area contributed by atoms with Gasteiger partial charge in [0.25, 0.3) is 0 Å². The normalized spacial score (nSPS) is 0. The topological polar surface area (TPSA) is 0 Å². The van der Waals surface area contributed by atoms with E-state index in [9.17, 15) is 0 Å². The Morgan fingerprint density at radius 3 is 0.750 bits per heavy atom. The van der Waals surface area contributed by atoms with Crippen molar-refractivity contribution >= 4 is 48.7 Å². The van der Waals surface area contributed by atoms with E-state index in [1.807, 2.05) is 0 Å². The minimum atomic E-state index is 0. The summed E-state index contributed by atoms with van der Waals surface area (Å²) >= 11 is 0. The van der Waals surface area contributed by atoms with Crippen LogP contribution in [-0.4, -0.2) is 48.7 Å². The van der Waals surface area contributed by atoms with Crippen LogP contribution in [0.3, 0.4) is 0 Å². The van der Waals surface area contributed by atoms with Crippen molar-refractivity contribution in [3.8, 4) is 0 Å². The van der Waals surface area contributed by atoms with Crippen molar-refractivity contribution in [1.82, 2.24) is 0 Å². The van der Waals surface area contributed by atoms with E-state index >= 15 is 0 Å². The molecule has 0 N–H and O–H groups in total. The van der Waals surface area contributed by atoms with E-state index in [1.165, 1.54) is 0 Å². The summed E-state index contributed by atoms with van der Waals surface area (Å²) in [7, 11) is 0. The van der Waals surface area contributed by atoms with Gasteiger partial charge in [0.2, 0.25) is 0 Å². The molecule has 0 bridgehead atoms. The largest absolute Gasteiger partial charge is 2.00 e. The molecule has 0 aliphatic heterocycles. The molecule has 0 amide bonds. The molecular weight excluding hydrogens is 139 g/mol. The molecule has 0 aliphatic carbocycles. The van der Waals surface area contributed by atoms with Gasteiger partial charge in [0, 0.05) is 11.0 Å². The van der Waals surface area contributed by atoms with Gasteiger partial charge < -0.3 is 24.8 Å². The molecule has 4 heavy (non-hydrogen) atoms. The van der Waals surface area contributed by atoms with Gasteiger partial charge in [-0.2, -0.15) is 0 Å². The third-order valence-corrected chi connectivity index (χ3v) is 0. The van der Waals surface area contributed by atoms with Crippen LogP contribution in [0.2, 0.25) is 0 Å². The van der Waals surface area contributed by atoms with Gasteiger partial charge in [0.1, 0.15) is 0 Å². The Hall–Kier alpha value is 2.06. The van der Waals surface area contributed by atoms with Crippen LogP contribution in [0.4, 0.5) is 0 Å². The van der Waals surface area contributed by atoms with Gasteiger partial charge >= 0.3 is 37.7 Å². The van der Waals surface area contributed by atoms with E-state index in [0.29, 0.717) is 0 Å². The van der Waals surface area contributed by atoms with E-state index in [4.69, 9.17) is 0 Å². The zero-order valence-electron chi connectivity index (χ0n) is 1.96. The molecule has 0 spiro atoms. The summed E-state index contributed by atoms with van der Waals surface area (Å²) in [5.41, 5.74) is 0. The Bertz CT molecular complexity index is 6.00. The van der Waals surface area contributed by atoms with Crippen LogP contribution in [-0.2, 0) is 0 Å². The van der Waals surface area contributed by atoms with Gasteiger partial charge in [-0.05, 0) is 0 Å². The fourth-order valence-electron chi connectivity index (χ4n) is 0. The number of rotatable bonds is 0. The standard InChI is InChI=1S/Ca.2ClH.Si/h;2*1H;/q+2;;;/p-2. The summed E-state index contributed by atoms with van der Waals surface area (Å²) in [6.07, 6.45) is 0. The second-order valence-corrected chi connectivity index (χ2v) is 0. The summed E-state index contributed by atoms with van der Waals surface area (Å²) in [4.78, 5) is 0. The Labute approximate surface area is 72.6 Å². The second-order valence-electron chi connectivity index (χ2n) is 0. The van der Waals surface area contributed by atoms with Crippen molar-refractivity contribution in [3.05, 3.63) is 0 Å². The molecular formula is CaCl2Si. The van der Waals surface area contributed by atoms with Crippen molar-refractivity contribution in [2.24, 2.45) is 0 Å². The van der Waals surface area contributed by atoms with E-state index < -0.39 is 0 Å².